The number of fused-ring (bicyclic) bond motifs is 1. The van der Waals surface area contributed by atoms with Gasteiger partial charge in [-0.2, -0.15) is 5.10 Å². The van der Waals surface area contributed by atoms with Crippen molar-refractivity contribution < 1.29 is 4.79 Å². The van der Waals surface area contributed by atoms with Crippen LogP contribution in [0.5, 0.6) is 0 Å². The van der Waals surface area contributed by atoms with Crippen molar-refractivity contribution in [1.29, 1.82) is 0 Å². The van der Waals surface area contributed by atoms with Crippen molar-refractivity contribution in [1.82, 2.24) is 19.9 Å². The number of hydrogen-bond acceptors (Lipinski definition) is 3. The fraction of sp³-hybridized carbons (Fsp3) is 0.417. The summed E-state index contributed by atoms with van der Waals surface area (Å²) in [5.74, 6) is -0.150. The molecule has 2 aromatic rings. The van der Waals surface area contributed by atoms with E-state index in [1.165, 1.54) is 0 Å². The fourth-order valence-electron chi connectivity index (χ4n) is 1.86. The molecule has 0 aromatic carbocycles. The number of rotatable bonds is 4. The third kappa shape index (κ3) is 2.79. The third-order valence-corrected chi connectivity index (χ3v) is 2.80. The van der Waals surface area contributed by atoms with Crippen LogP contribution in [0, 0.1) is 0 Å². The Morgan fingerprint density at radius 1 is 1.50 bits per heavy atom. The lowest BCUT2D eigenvalue weighted by atomic mass is 10.2. The van der Waals surface area contributed by atoms with Gasteiger partial charge in [-0.1, -0.05) is 0 Å². The minimum absolute atomic E-state index is 0.0246. The van der Waals surface area contributed by atoms with Gasteiger partial charge in [0.25, 0.3) is 5.91 Å². The maximum atomic E-state index is 12.1. The van der Waals surface area contributed by atoms with Crippen LogP contribution < -0.4 is 5.32 Å². The Labute approximate surface area is 110 Å². The predicted octanol–water partition coefficient (Wildman–Crippen LogP) is 1.86. The van der Waals surface area contributed by atoms with Crippen molar-refractivity contribution in [2.75, 3.05) is 0 Å². The summed E-state index contributed by atoms with van der Waals surface area (Å²) < 4.78 is 1.62. The fourth-order valence-corrected chi connectivity index (χ4v) is 2.12. The Hall–Kier alpha value is -1.62. The largest absolute Gasteiger partial charge is 0.349 e. The Bertz CT molecular complexity index is 552. The number of halogens is 1. The van der Waals surface area contributed by atoms with Crippen molar-refractivity contribution in [3.05, 3.63) is 30.4 Å². The maximum Gasteiger partial charge on any atom is 0.255 e. The van der Waals surface area contributed by atoms with Gasteiger partial charge in [0.05, 0.1) is 23.5 Å². The minimum atomic E-state index is -0.150. The van der Waals surface area contributed by atoms with E-state index in [0.29, 0.717) is 11.1 Å². The van der Waals surface area contributed by atoms with E-state index in [1.54, 1.807) is 29.3 Å². The number of aromatic nitrogens is 3. The molecule has 0 spiro atoms. The first kappa shape index (κ1) is 12.8. The van der Waals surface area contributed by atoms with Crippen molar-refractivity contribution >= 4 is 23.0 Å². The summed E-state index contributed by atoms with van der Waals surface area (Å²) >= 11 is 5.90. The molecule has 18 heavy (non-hydrogen) atoms. The Balaban J connectivity index is 2.14. The van der Waals surface area contributed by atoms with E-state index in [0.717, 1.165) is 6.42 Å². The van der Waals surface area contributed by atoms with Crippen molar-refractivity contribution in [2.24, 2.45) is 0 Å². The summed E-state index contributed by atoms with van der Waals surface area (Å²) in [5.41, 5.74) is 1.22. The van der Waals surface area contributed by atoms with E-state index < -0.39 is 0 Å². The molecule has 1 amide bonds. The van der Waals surface area contributed by atoms with E-state index >= 15 is 0 Å². The second kappa shape index (κ2) is 5.35. The summed E-state index contributed by atoms with van der Waals surface area (Å²) in [6.07, 6.45) is 7.22. The molecule has 0 aliphatic carbocycles. The Kier molecular flexibility index (Phi) is 3.81. The number of nitrogens with one attached hydrogen (secondary N) is 1. The molecule has 0 aliphatic rings. The average molecular weight is 267 g/mol. The summed E-state index contributed by atoms with van der Waals surface area (Å²) in [7, 11) is 0. The molecule has 2 rings (SSSR count). The van der Waals surface area contributed by atoms with Crippen LogP contribution >= 0.6 is 11.6 Å². The normalized spacial score (nSPS) is 14.4. The molecule has 0 saturated heterocycles. The second-order valence-electron chi connectivity index (χ2n) is 4.36. The van der Waals surface area contributed by atoms with Crippen LogP contribution in [0.2, 0.25) is 0 Å². The summed E-state index contributed by atoms with van der Waals surface area (Å²) in [4.78, 5) is 16.1. The number of amides is 1. The highest BCUT2D eigenvalue weighted by molar-refractivity contribution is 6.20. The highest BCUT2D eigenvalue weighted by atomic mass is 35.5. The van der Waals surface area contributed by atoms with Gasteiger partial charge >= 0.3 is 0 Å². The molecule has 0 aliphatic heterocycles. The van der Waals surface area contributed by atoms with Crippen LogP contribution in [-0.4, -0.2) is 31.9 Å². The van der Waals surface area contributed by atoms with Crippen LogP contribution in [0.3, 0.4) is 0 Å². The number of alkyl halides is 1. The molecule has 6 heteroatoms. The van der Waals surface area contributed by atoms with Gasteiger partial charge in [0, 0.05) is 23.8 Å². The van der Waals surface area contributed by atoms with Gasteiger partial charge in [-0.15, -0.1) is 11.6 Å². The van der Waals surface area contributed by atoms with Gasteiger partial charge in [-0.3, -0.25) is 9.78 Å². The van der Waals surface area contributed by atoms with Gasteiger partial charge in [-0.25, -0.2) is 4.52 Å². The minimum Gasteiger partial charge on any atom is -0.349 e. The molecule has 2 heterocycles. The lowest BCUT2D eigenvalue weighted by Gasteiger charge is -2.14. The first-order valence-corrected chi connectivity index (χ1v) is 6.24. The number of hydrogen-bond donors (Lipinski definition) is 1. The summed E-state index contributed by atoms with van der Waals surface area (Å²) in [6.45, 7) is 3.84. The maximum absolute atomic E-state index is 12.1. The molecular formula is C12H15ClN4O. The van der Waals surface area contributed by atoms with E-state index in [4.69, 9.17) is 11.6 Å². The van der Waals surface area contributed by atoms with Crippen LogP contribution in [0.1, 0.15) is 30.6 Å². The van der Waals surface area contributed by atoms with E-state index in [1.807, 2.05) is 13.8 Å². The third-order valence-electron chi connectivity index (χ3n) is 2.63. The van der Waals surface area contributed by atoms with Gasteiger partial charge in [0.2, 0.25) is 0 Å². The molecule has 0 saturated carbocycles. The summed E-state index contributed by atoms with van der Waals surface area (Å²) in [5, 5.41) is 7.03. The second-order valence-corrected chi connectivity index (χ2v) is 5.10. The highest BCUT2D eigenvalue weighted by Crippen LogP contribution is 2.10. The number of carbonyl (C=O) groups excluding carboxylic acids is 1. The van der Waals surface area contributed by atoms with Crippen molar-refractivity contribution in [3.63, 3.8) is 0 Å². The van der Waals surface area contributed by atoms with Crippen molar-refractivity contribution in [3.8, 4) is 0 Å². The molecule has 96 valence electrons. The van der Waals surface area contributed by atoms with Crippen molar-refractivity contribution in [2.45, 2.75) is 31.7 Å². The molecular weight excluding hydrogens is 252 g/mol. The topological polar surface area (TPSA) is 59.3 Å². The molecule has 5 nitrogen and oxygen atoms in total. The van der Waals surface area contributed by atoms with Crippen LogP contribution in [-0.2, 0) is 0 Å². The van der Waals surface area contributed by atoms with Gasteiger partial charge < -0.3 is 5.32 Å². The highest BCUT2D eigenvalue weighted by Gasteiger charge is 2.15. The Morgan fingerprint density at radius 2 is 2.28 bits per heavy atom. The monoisotopic (exact) mass is 266 g/mol. The molecule has 0 radical (unpaired) electrons. The number of carbonyl (C=O) groups is 1. The van der Waals surface area contributed by atoms with E-state index in [9.17, 15) is 4.79 Å². The quantitative estimate of drug-likeness (QED) is 0.860. The number of nitrogens with zero attached hydrogens (tertiary/aromatic N) is 3. The first-order valence-electron chi connectivity index (χ1n) is 5.80. The molecule has 2 atom stereocenters. The van der Waals surface area contributed by atoms with Crippen LogP contribution in [0.15, 0.2) is 24.8 Å². The van der Waals surface area contributed by atoms with Gasteiger partial charge in [0.1, 0.15) is 0 Å². The van der Waals surface area contributed by atoms with Gasteiger partial charge in [0.15, 0.2) is 0 Å². The molecule has 0 bridgehead atoms. The predicted molar refractivity (Wildman–Crippen MR) is 69.8 cm³/mol. The van der Waals surface area contributed by atoms with Gasteiger partial charge in [-0.05, 0) is 20.3 Å². The zero-order valence-electron chi connectivity index (χ0n) is 10.3. The zero-order valence-corrected chi connectivity index (χ0v) is 11.1. The lowest BCUT2D eigenvalue weighted by Crippen LogP contribution is -2.33. The molecule has 1 N–H and O–H groups in total. The van der Waals surface area contributed by atoms with Crippen LogP contribution in [0.25, 0.3) is 5.52 Å². The zero-order chi connectivity index (χ0) is 13.1. The molecule has 0 fully saturated rings. The van der Waals surface area contributed by atoms with Crippen LogP contribution in [0.4, 0.5) is 0 Å². The first-order chi connectivity index (χ1) is 8.58. The van der Waals surface area contributed by atoms with E-state index in [-0.39, 0.29) is 17.3 Å². The SMILES string of the molecule is CC(Cl)CC(C)NC(=O)c1cnn2ccncc12. The van der Waals surface area contributed by atoms with E-state index in [2.05, 4.69) is 15.4 Å². The standard InChI is InChI=1S/C12H15ClN4O/c1-8(13)5-9(2)16-12(18)10-6-15-17-4-3-14-7-11(10)17/h3-4,6-9H,5H2,1-2H3,(H,16,18). The summed E-state index contributed by atoms with van der Waals surface area (Å²) in [6, 6.07) is 0.0246. The molecule has 2 aromatic heterocycles. The molecule has 2 unspecified atom stereocenters. The lowest BCUT2D eigenvalue weighted by molar-refractivity contribution is 0.0940. The Morgan fingerprint density at radius 3 is 3.00 bits per heavy atom. The smallest absolute Gasteiger partial charge is 0.255 e. The average Bonchev–Trinajstić information content (AvgIpc) is 2.71.